The summed E-state index contributed by atoms with van der Waals surface area (Å²) < 4.78 is 13.6. The van der Waals surface area contributed by atoms with Crippen molar-refractivity contribution in [2.45, 2.75) is 37.1 Å². The third kappa shape index (κ3) is 4.76. The molecule has 20 heavy (non-hydrogen) atoms. The fourth-order valence-electron chi connectivity index (χ4n) is 2.77. The molecule has 1 fully saturated rings. The van der Waals surface area contributed by atoms with E-state index in [2.05, 4.69) is 17.1 Å². The van der Waals surface area contributed by atoms with Crippen molar-refractivity contribution in [3.8, 4) is 0 Å². The van der Waals surface area contributed by atoms with E-state index in [9.17, 15) is 4.39 Å². The number of nitrogens with zero attached hydrogens (tertiary/aromatic N) is 1. The van der Waals surface area contributed by atoms with Crippen molar-refractivity contribution in [1.82, 2.24) is 10.2 Å². The molecule has 1 aliphatic rings. The van der Waals surface area contributed by atoms with E-state index in [1.54, 1.807) is 23.9 Å². The molecule has 0 atom stereocenters. The Kier molecular flexibility index (Phi) is 6.83. The molecule has 1 aromatic rings. The molecule has 2 rings (SSSR count). The first-order chi connectivity index (χ1) is 9.81. The highest BCUT2D eigenvalue weighted by molar-refractivity contribution is 7.99. The lowest BCUT2D eigenvalue weighted by Gasteiger charge is -2.34. The van der Waals surface area contributed by atoms with Gasteiger partial charge in [0.15, 0.2) is 0 Å². The fraction of sp³-hybridized carbons (Fsp3) is 0.625. The molecule has 1 N–H and O–H groups in total. The largest absolute Gasteiger partial charge is 0.317 e. The van der Waals surface area contributed by atoms with Crippen LogP contribution in [-0.2, 0) is 0 Å². The van der Waals surface area contributed by atoms with Crippen LogP contribution < -0.4 is 5.32 Å². The SMILES string of the molecule is CCCN(CCSc1ccccc1F)C1CCNCC1. The molecule has 112 valence electrons. The van der Waals surface area contributed by atoms with Crippen LogP contribution in [0.25, 0.3) is 0 Å². The van der Waals surface area contributed by atoms with Gasteiger partial charge in [-0.1, -0.05) is 19.1 Å². The zero-order chi connectivity index (χ0) is 14.2. The Bertz CT molecular complexity index is 394. The second-order valence-electron chi connectivity index (χ2n) is 5.30. The van der Waals surface area contributed by atoms with E-state index in [1.807, 2.05) is 12.1 Å². The number of hydrogen-bond donors (Lipinski definition) is 1. The second kappa shape index (κ2) is 8.65. The first kappa shape index (κ1) is 15.8. The Hall–Kier alpha value is -0.580. The molecule has 0 radical (unpaired) electrons. The van der Waals surface area contributed by atoms with Gasteiger partial charge in [0.2, 0.25) is 0 Å². The molecule has 0 saturated carbocycles. The molecule has 0 amide bonds. The molecule has 1 aromatic carbocycles. The molecule has 0 aromatic heterocycles. The molecule has 2 nitrogen and oxygen atoms in total. The number of benzene rings is 1. The van der Waals surface area contributed by atoms with Crippen molar-refractivity contribution < 1.29 is 4.39 Å². The summed E-state index contributed by atoms with van der Waals surface area (Å²) >= 11 is 1.63. The number of rotatable bonds is 7. The average molecular weight is 296 g/mol. The Labute approximate surface area is 126 Å². The smallest absolute Gasteiger partial charge is 0.136 e. The van der Waals surface area contributed by atoms with E-state index in [0.29, 0.717) is 6.04 Å². The number of halogens is 1. The molecule has 4 heteroatoms. The van der Waals surface area contributed by atoms with E-state index >= 15 is 0 Å². The van der Waals surface area contributed by atoms with Gasteiger partial charge in [0.25, 0.3) is 0 Å². The number of thioether (sulfide) groups is 1. The van der Waals surface area contributed by atoms with Crippen LogP contribution in [0.3, 0.4) is 0 Å². The number of piperidine rings is 1. The Morgan fingerprint density at radius 3 is 2.70 bits per heavy atom. The maximum atomic E-state index is 13.6. The van der Waals surface area contributed by atoms with Gasteiger partial charge in [-0.3, -0.25) is 4.90 Å². The van der Waals surface area contributed by atoms with Crippen LogP contribution in [-0.4, -0.2) is 42.9 Å². The summed E-state index contributed by atoms with van der Waals surface area (Å²) in [5.74, 6) is 0.867. The zero-order valence-corrected chi connectivity index (χ0v) is 13.1. The zero-order valence-electron chi connectivity index (χ0n) is 12.3. The highest BCUT2D eigenvalue weighted by atomic mass is 32.2. The maximum absolute atomic E-state index is 13.6. The highest BCUT2D eigenvalue weighted by Gasteiger charge is 2.19. The van der Waals surface area contributed by atoms with Crippen LogP contribution in [0.15, 0.2) is 29.2 Å². The third-order valence-electron chi connectivity index (χ3n) is 3.81. The summed E-state index contributed by atoms with van der Waals surface area (Å²) in [6.07, 6.45) is 3.67. The molecule has 1 heterocycles. The first-order valence-corrected chi connectivity index (χ1v) is 8.62. The lowest BCUT2D eigenvalue weighted by molar-refractivity contribution is 0.172. The maximum Gasteiger partial charge on any atom is 0.136 e. The minimum atomic E-state index is -0.0959. The molecule has 0 aliphatic carbocycles. The molecular formula is C16H25FN2S. The molecule has 0 spiro atoms. The third-order valence-corrected chi connectivity index (χ3v) is 4.84. The summed E-state index contributed by atoms with van der Waals surface area (Å²) in [4.78, 5) is 3.36. The van der Waals surface area contributed by atoms with Gasteiger partial charge in [-0.25, -0.2) is 4.39 Å². The van der Waals surface area contributed by atoms with E-state index in [0.717, 1.165) is 36.8 Å². The van der Waals surface area contributed by atoms with Gasteiger partial charge in [0.1, 0.15) is 5.82 Å². The van der Waals surface area contributed by atoms with Gasteiger partial charge in [-0.2, -0.15) is 0 Å². The number of nitrogens with one attached hydrogen (secondary N) is 1. The predicted octanol–water partition coefficient (Wildman–Crippen LogP) is 3.38. The van der Waals surface area contributed by atoms with Crippen molar-refractivity contribution in [2.24, 2.45) is 0 Å². The fourth-order valence-corrected chi connectivity index (χ4v) is 3.70. The van der Waals surface area contributed by atoms with Crippen LogP contribution in [0.1, 0.15) is 26.2 Å². The minimum Gasteiger partial charge on any atom is -0.317 e. The normalized spacial score (nSPS) is 16.8. The van der Waals surface area contributed by atoms with Gasteiger partial charge in [-0.05, 0) is 51.0 Å². The Morgan fingerprint density at radius 1 is 1.25 bits per heavy atom. The van der Waals surface area contributed by atoms with Gasteiger partial charge >= 0.3 is 0 Å². The Balaban J connectivity index is 1.81. The average Bonchev–Trinajstić information content (AvgIpc) is 2.49. The van der Waals surface area contributed by atoms with Crippen molar-refractivity contribution in [3.63, 3.8) is 0 Å². The monoisotopic (exact) mass is 296 g/mol. The van der Waals surface area contributed by atoms with E-state index < -0.39 is 0 Å². The van der Waals surface area contributed by atoms with Crippen LogP contribution in [0.4, 0.5) is 4.39 Å². The van der Waals surface area contributed by atoms with Gasteiger partial charge < -0.3 is 5.32 Å². The minimum absolute atomic E-state index is 0.0959. The summed E-state index contributed by atoms with van der Waals surface area (Å²) in [6.45, 7) is 6.70. The summed E-state index contributed by atoms with van der Waals surface area (Å²) in [7, 11) is 0. The molecule has 0 unspecified atom stereocenters. The van der Waals surface area contributed by atoms with Crippen molar-refractivity contribution in [1.29, 1.82) is 0 Å². The van der Waals surface area contributed by atoms with Crippen LogP contribution in [0.5, 0.6) is 0 Å². The first-order valence-electron chi connectivity index (χ1n) is 7.63. The topological polar surface area (TPSA) is 15.3 Å². The molecule has 0 bridgehead atoms. The molecule has 1 saturated heterocycles. The highest BCUT2D eigenvalue weighted by Crippen LogP contribution is 2.22. The van der Waals surface area contributed by atoms with E-state index in [-0.39, 0.29) is 5.82 Å². The lowest BCUT2D eigenvalue weighted by Crippen LogP contribution is -2.44. The van der Waals surface area contributed by atoms with Crippen LogP contribution >= 0.6 is 11.8 Å². The number of hydrogen-bond acceptors (Lipinski definition) is 3. The summed E-state index contributed by atoms with van der Waals surface area (Å²) in [5, 5.41) is 3.42. The standard InChI is InChI=1S/C16H25FN2S/c1-2-11-19(14-7-9-18-10-8-14)12-13-20-16-6-4-3-5-15(16)17/h3-6,14,18H,2,7-13H2,1H3. The van der Waals surface area contributed by atoms with Gasteiger partial charge in [0.05, 0.1) is 0 Å². The molecular weight excluding hydrogens is 271 g/mol. The summed E-state index contributed by atoms with van der Waals surface area (Å²) in [5.41, 5.74) is 0. The molecule has 1 aliphatic heterocycles. The van der Waals surface area contributed by atoms with Crippen molar-refractivity contribution in [2.75, 3.05) is 31.9 Å². The lowest BCUT2D eigenvalue weighted by atomic mass is 10.0. The van der Waals surface area contributed by atoms with Gasteiger partial charge in [-0.15, -0.1) is 11.8 Å². The summed E-state index contributed by atoms with van der Waals surface area (Å²) in [6, 6.07) is 7.77. The quantitative estimate of drug-likeness (QED) is 0.777. The van der Waals surface area contributed by atoms with Crippen molar-refractivity contribution in [3.05, 3.63) is 30.1 Å². The van der Waals surface area contributed by atoms with E-state index in [4.69, 9.17) is 0 Å². The van der Waals surface area contributed by atoms with Crippen molar-refractivity contribution >= 4 is 11.8 Å². The Morgan fingerprint density at radius 2 is 2.00 bits per heavy atom. The van der Waals surface area contributed by atoms with Crippen LogP contribution in [0.2, 0.25) is 0 Å². The van der Waals surface area contributed by atoms with Gasteiger partial charge in [0, 0.05) is 23.2 Å². The predicted molar refractivity (Wildman–Crippen MR) is 84.9 cm³/mol. The van der Waals surface area contributed by atoms with E-state index in [1.165, 1.54) is 19.3 Å². The second-order valence-corrected chi connectivity index (χ2v) is 6.43. The van der Waals surface area contributed by atoms with Crippen LogP contribution in [0, 0.1) is 5.82 Å².